The molecular weight excluding hydrogens is 241 g/mol. The highest BCUT2D eigenvalue weighted by molar-refractivity contribution is 7.37. The molecule has 5 nitrogen and oxygen atoms in total. The maximum absolute atomic E-state index is 11.4. The van der Waals surface area contributed by atoms with Crippen molar-refractivity contribution in [3.63, 3.8) is 0 Å². The summed E-state index contributed by atoms with van der Waals surface area (Å²) in [5.74, 6) is 0.0520. The number of nitrogens with one attached hydrogen (secondary N) is 1. The van der Waals surface area contributed by atoms with Crippen LogP contribution < -0.4 is 9.61 Å². The Labute approximate surface area is 101 Å². The highest BCUT2D eigenvalue weighted by Crippen LogP contribution is 2.22. The second-order valence-corrected chi connectivity index (χ2v) is 4.73. The first-order chi connectivity index (χ1) is 8.08. The van der Waals surface area contributed by atoms with E-state index < -0.39 is 14.1 Å². The van der Waals surface area contributed by atoms with Gasteiger partial charge in [0.2, 0.25) is 0 Å². The van der Waals surface area contributed by atoms with Crippen molar-refractivity contribution in [2.75, 3.05) is 6.54 Å². The van der Waals surface area contributed by atoms with Crippen LogP contribution >= 0.6 is 8.18 Å². The Bertz CT molecular complexity index is 380. The van der Waals surface area contributed by atoms with Crippen LogP contribution in [-0.4, -0.2) is 18.6 Å². The molecule has 0 aliphatic heterocycles. The Morgan fingerprint density at radius 1 is 1.35 bits per heavy atom. The van der Waals surface area contributed by atoms with E-state index in [1.54, 1.807) is 38.1 Å². The van der Waals surface area contributed by atoms with Gasteiger partial charge in [-0.15, -0.1) is 0 Å². The van der Waals surface area contributed by atoms with Crippen molar-refractivity contribution in [1.82, 2.24) is 5.09 Å². The van der Waals surface area contributed by atoms with Gasteiger partial charge < -0.3 is 9.26 Å². The highest BCUT2D eigenvalue weighted by atomic mass is 31.1. The maximum atomic E-state index is 11.4. The van der Waals surface area contributed by atoms with Crippen LogP contribution in [0.25, 0.3) is 0 Å². The predicted molar refractivity (Wildman–Crippen MR) is 65.3 cm³/mol. The van der Waals surface area contributed by atoms with Gasteiger partial charge in [0.1, 0.15) is 12.3 Å². The summed E-state index contributed by atoms with van der Waals surface area (Å²) in [7, 11) is -2.47. The van der Waals surface area contributed by atoms with Crippen LogP contribution in [0.15, 0.2) is 30.3 Å². The summed E-state index contributed by atoms with van der Waals surface area (Å²) < 4.78 is 21.4. The van der Waals surface area contributed by atoms with E-state index in [1.807, 2.05) is 6.07 Å². The van der Waals surface area contributed by atoms with Crippen molar-refractivity contribution < 1.29 is 18.6 Å². The fourth-order valence-corrected chi connectivity index (χ4v) is 1.79. The molecular formula is C11H16NO4P. The number of hydrogen-bond acceptors (Lipinski definition) is 4. The Kier molecular flexibility index (Phi) is 5.73. The smallest absolute Gasteiger partial charge is 0.320 e. The average molecular weight is 257 g/mol. The van der Waals surface area contributed by atoms with Crippen molar-refractivity contribution in [3.8, 4) is 5.75 Å². The summed E-state index contributed by atoms with van der Waals surface area (Å²) in [6.07, 6.45) is -0.179. The number of esters is 1. The molecule has 0 aromatic heterocycles. The van der Waals surface area contributed by atoms with Gasteiger partial charge in [0.05, 0.1) is 6.10 Å². The van der Waals surface area contributed by atoms with E-state index in [9.17, 15) is 9.36 Å². The SMILES string of the molecule is CC(C)OC(=O)CN[PH](=O)Oc1ccccc1. The summed E-state index contributed by atoms with van der Waals surface area (Å²) >= 11 is 0. The van der Waals surface area contributed by atoms with Crippen LogP contribution in [-0.2, 0) is 14.1 Å². The molecule has 0 spiro atoms. The first-order valence-electron chi connectivity index (χ1n) is 5.28. The van der Waals surface area contributed by atoms with Crippen LogP contribution in [0, 0.1) is 0 Å². The molecule has 0 radical (unpaired) electrons. The second-order valence-electron chi connectivity index (χ2n) is 3.59. The van der Waals surface area contributed by atoms with E-state index >= 15 is 0 Å². The van der Waals surface area contributed by atoms with Gasteiger partial charge in [0.15, 0.2) is 0 Å². The lowest BCUT2D eigenvalue weighted by Gasteiger charge is -2.09. The monoisotopic (exact) mass is 257 g/mol. The molecule has 0 bridgehead atoms. The molecule has 1 rings (SSSR count). The van der Waals surface area contributed by atoms with Crippen LogP contribution in [0.2, 0.25) is 0 Å². The van der Waals surface area contributed by atoms with Crippen LogP contribution in [0.3, 0.4) is 0 Å². The molecule has 0 saturated carbocycles. The zero-order valence-electron chi connectivity index (χ0n) is 9.80. The number of hydrogen-bond donors (Lipinski definition) is 1. The lowest BCUT2D eigenvalue weighted by atomic mass is 10.3. The maximum Gasteiger partial charge on any atom is 0.320 e. The van der Waals surface area contributed by atoms with Crippen LogP contribution in [0.4, 0.5) is 0 Å². The molecule has 1 aromatic rings. The van der Waals surface area contributed by atoms with Crippen molar-refractivity contribution in [2.45, 2.75) is 20.0 Å². The molecule has 0 aliphatic carbocycles. The summed E-state index contributed by atoms with van der Waals surface area (Å²) in [5.41, 5.74) is 0. The Morgan fingerprint density at radius 2 is 2.00 bits per heavy atom. The molecule has 0 amide bonds. The van der Waals surface area contributed by atoms with Gasteiger partial charge in [-0.3, -0.25) is 9.36 Å². The molecule has 1 N–H and O–H groups in total. The number of carbonyl (C=O) groups is 1. The fraction of sp³-hybridized carbons (Fsp3) is 0.364. The quantitative estimate of drug-likeness (QED) is 0.623. The third-order valence-corrected chi connectivity index (χ3v) is 2.58. The minimum atomic E-state index is -2.47. The molecule has 0 fully saturated rings. The molecule has 1 aromatic carbocycles. The van der Waals surface area contributed by atoms with Crippen molar-refractivity contribution in [1.29, 1.82) is 0 Å². The van der Waals surface area contributed by atoms with Gasteiger partial charge >= 0.3 is 14.1 Å². The van der Waals surface area contributed by atoms with Crippen molar-refractivity contribution in [2.24, 2.45) is 0 Å². The highest BCUT2D eigenvalue weighted by Gasteiger charge is 2.07. The van der Waals surface area contributed by atoms with E-state index in [2.05, 4.69) is 5.09 Å². The van der Waals surface area contributed by atoms with Gasteiger partial charge in [-0.25, -0.2) is 5.09 Å². The van der Waals surface area contributed by atoms with E-state index in [1.165, 1.54) is 0 Å². The fourth-order valence-electron chi connectivity index (χ4n) is 1.08. The first kappa shape index (κ1) is 13.7. The van der Waals surface area contributed by atoms with E-state index in [0.717, 1.165) is 0 Å². The summed E-state index contributed by atoms with van der Waals surface area (Å²) in [5, 5.41) is 2.49. The lowest BCUT2D eigenvalue weighted by Crippen LogP contribution is -2.23. The molecule has 0 heterocycles. The number of ether oxygens (including phenoxy) is 1. The molecule has 94 valence electrons. The summed E-state index contributed by atoms with van der Waals surface area (Å²) in [4.78, 5) is 11.1. The molecule has 1 unspecified atom stereocenters. The molecule has 0 saturated heterocycles. The third-order valence-electron chi connectivity index (χ3n) is 1.70. The largest absolute Gasteiger partial charge is 0.462 e. The zero-order chi connectivity index (χ0) is 12.7. The molecule has 17 heavy (non-hydrogen) atoms. The average Bonchev–Trinajstić information content (AvgIpc) is 2.27. The summed E-state index contributed by atoms with van der Waals surface area (Å²) in [6.45, 7) is 3.38. The number of para-hydroxylation sites is 1. The Hall–Kier alpha value is -1.32. The second kappa shape index (κ2) is 7.09. The first-order valence-corrected chi connectivity index (χ1v) is 6.60. The Balaban J connectivity index is 2.29. The van der Waals surface area contributed by atoms with Gasteiger partial charge in [0, 0.05) is 0 Å². The van der Waals surface area contributed by atoms with E-state index in [0.29, 0.717) is 5.75 Å². The topological polar surface area (TPSA) is 64.6 Å². The minimum Gasteiger partial charge on any atom is -0.462 e. The Morgan fingerprint density at radius 3 is 2.59 bits per heavy atom. The summed E-state index contributed by atoms with van der Waals surface area (Å²) in [6, 6.07) is 8.76. The minimum absolute atomic E-state index is 0.122. The van der Waals surface area contributed by atoms with Gasteiger partial charge in [0.25, 0.3) is 0 Å². The molecule has 6 heteroatoms. The van der Waals surface area contributed by atoms with E-state index in [-0.39, 0.29) is 12.6 Å². The molecule has 0 aliphatic rings. The van der Waals surface area contributed by atoms with Gasteiger partial charge in [-0.2, -0.15) is 0 Å². The van der Waals surface area contributed by atoms with E-state index in [4.69, 9.17) is 9.26 Å². The van der Waals surface area contributed by atoms with Crippen LogP contribution in [0.5, 0.6) is 5.75 Å². The van der Waals surface area contributed by atoms with Crippen LogP contribution in [0.1, 0.15) is 13.8 Å². The molecule has 1 atom stereocenters. The zero-order valence-corrected chi connectivity index (χ0v) is 10.8. The van der Waals surface area contributed by atoms with Gasteiger partial charge in [-0.05, 0) is 26.0 Å². The number of benzene rings is 1. The predicted octanol–water partition coefficient (Wildman–Crippen LogP) is 2.00. The van der Waals surface area contributed by atoms with Crippen molar-refractivity contribution in [3.05, 3.63) is 30.3 Å². The normalized spacial score (nSPS) is 12.2. The number of rotatable bonds is 6. The standard InChI is InChI=1S/C11H16NO4P/c1-9(2)15-11(13)8-12-17(14)16-10-6-4-3-5-7-10/h3-7,9,17H,8H2,1-2H3,(H,12,14). The number of carbonyl (C=O) groups excluding carboxylic acids is 1. The lowest BCUT2D eigenvalue weighted by molar-refractivity contribution is -0.145. The van der Waals surface area contributed by atoms with Gasteiger partial charge in [-0.1, -0.05) is 18.2 Å². The third kappa shape index (κ3) is 6.09. The van der Waals surface area contributed by atoms with Crippen molar-refractivity contribution >= 4 is 14.1 Å².